The van der Waals surface area contributed by atoms with Gasteiger partial charge in [-0.05, 0) is 39.0 Å². The molecule has 1 aliphatic rings. The fraction of sp³-hybridized carbons (Fsp3) is 0.917. The number of hydrogen-bond acceptors (Lipinski definition) is 3. The van der Waals surface area contributed by atoms with Gasteiger partial charge in [-0.2, -0.15) is 0 Å². The first kappa shape index (κ1) is 13.5. The van der Waals surface area contributed by atoms with Crippen molar-refractivity contribution >= 4 is 5.91 Å². The molecule has 0 bridgehead atoms. The molecular weight excluding hydrogens is 204 g/mol. The van der Waals surface area contributed by atoms with Gasteiger partial charge in [0.05, 0.1) is 6.10 Å². The third kappa shape index (κ3) is 6.08. The monoisotopic (exact) mass is 228 g/mol. The summed E-state index contributed by atoms with van der Waals surface area (Å²) in [7, 11) is 0. The Balaban J connectivity index is 1.94. The lowest BCUT2D eigenvalue weighted by Gasteiger charge is -2.09. The Morgan fingerprint density at radius 3 is 3.06 bits per heavy atom. The van der Waals surface area contributed by atoms with Crippen molar-refractivity contribution in [3.8, 4) is 0 Å². The highest BCUT2D eigenvalue weighted by Crippen LogP contribution is 2.16. The molecule has 0 radical (unpaired) electrons. The smallest absolute Gasteiger partial charge is 0.220 e. The van der Waals surface area contributed by atoms with Gasteiger partial charge in [-0.25, -0.2) is 0 Å². The molecule has 1 fully saturated rings. The topological polar surface area (TPSA) is 64.3 Å². The second-order valence-electron chi connectivity index (χ2n) is 4.64. The summed E-state index contributed by atoms with van der Waals surface area (Å²) in [6, 6.07) is 0.226. The van der Waals surface area contributed by atoms with Gasteiger partial charge >= 0.3 is 0 Å². The van der Waals surface area contributed by atoms with Gasteiger partial charge in [0.1, 0.15) is 0 Å². The van der Waals surface area contributed by atoms with E-state index in [1.54, 1.807) is 0 Å². The lowest BCUT2D eigenvalue weighted by molar-refractivity contribution is -0.121. The molecular formula is C12H24N2O2. The zero-order valence-corrected chi connectivity index (χ0v) is 10.2. The lowest BCUT2D eigenvalue weighted by atomic mass is 10.1. The minimum atomic E-state index is 0.139. The Morgan fingerprint density at radius 2 is 2.44 bits per heavy atom. The maximum atomic E-state index is 11.4. The molecule has 1 rings (SSSR count). The van der Waals surface area contributed by atoms with Crippen molar-refractivity contribution in [1.29, 1.82) is 0 Å². The highest BCUT2D eigenvalue weighted by atomic mass is 16.5. The van der Waals surface area contributed by atoms with E-state index in [9.17, 15) is 4.79 Å². The van der Waals surface area contributed by atoms with E-state index >= 15 is 0 Å². The number of nitrogens with one attached hydrogen (secondary N) is 1. The molecule has 94 valence electrons. The van der Waals surface area contributed by atoms with Crippen LogP contribution in [0.2, 0.25) is 0 Å². The molecule has 1 saturated heterocycles. The SMILES string of the molecule is CC(N)CCCNC(=O)CCC1CCCO1. The third-order valence-electron chi connectivity index (χ3n) is 2.88. The summed E-state index contributed by atoms with van der Waals surface area (Å²) in [6.07, 6.45) is 5.94. The summed E-state index contributed by atoms with van der Waals surface area (Å²) in [4.78, 5) is 11.4. The molecule has 16 heavy (non-hydrogen) atoms. The average molecular weight is 228 g/mol. The van der Waals surface area contributed by atoms with Gasteiger partial charge in [-0.15, -0.1) is 0 Å². The summed E-state index contributed by atoms with van der Waals surface area (Å²) in [5.74, 6) is 0.139. The van der Waals surface area contributed by atoms with Crippen molar-refractivity contribution in [2.45, 2.75) is 57.6 Å². The van der Waals surface area contributed by atoms with Crippen LogP contribution in [0.5, 0.6) is 0 Å². The van der Waals surface area contributed by atoms with Gasteiger partial charge in [-0.1, -0.05) is 0 Å². The first-order valence-electron chi connectivity index (χ1n) is 6.32. The summed E-state index contributed by atoms with van der Waals surface area (Å²) in [5.41, 5.74) is 5.62. The zero-order valence-electron chi connectivity index (χ0n) is 10.2. The molecule has 3 N–H and O–H groups in total. The van der Waals surface area contributed by atoms with Crippen LogP contribution >= 0.6 is 0 Å². The summed E-state index contributed by atoms with van der Waals surface area (Å²) in [5, 5.41) is 2.91. The van der Waals surface area contributed by atoms with Gasteiger partial charge in [0.25, 0.3) is 0 Å². The molecule has 1 amide bonds. The van der Waals surface area contributed by atoms with Gasteiger partial charge in [0.15, 0.2) is 0 Å². The summed E-state index contributed by atoms with van der Waals surface area (Å²) < 4.78 is 5.46. The van der Waals surface area contributed by atoms with Crippen LogP contribution in [-0.4, -0.2) is 31.2 Å². The van der Waals surface area contributed by atoms with E-state index in [0.29, 0.717) is 12.5 Å². The van der Waals surface area contributed by atoms with E-state index in [4.69, 9.17) is 10.5 Å². The molecule has 0 aromatic heterocycles. The molecule has 4 heteroatoms. The average Bonchev–Trinajstić information content (AvgIpc) is 2.74. The van der Waals surface area contributed by atoms with Crippen LogP contribution in [0.15, 0.2) is 0 Å². The van der Waals surface area contributed by atoms with Crippen LogP contribution in [0.3, 0.4) is 0 Å². The second kappa shape index (κ2) is 7.63. The predicted octanol–water partition coefficient (Wildman–Crippen LogP) is 1.19. The first-order valence-corrected chi connectivity index (χ1v) is 6.32. The molecule has 2 unspecified atom stereocenters. The van der Waals surface area contributed by atoms with Gasteiger partial charge in [0, 0.05) is 25.6 Å². The fourth-order valence-electron chi connectivity index (χ4n) is 1.90. The highest BCUT2D eigenvalue weighted by molar-refractivity contribution is 5.75. The molecule has 0 aromatic rings. The van der Waals surface area contributed by atoms with E-state index in [1.807, 2.05) is 6.92 Å². The number of ether oxygens (including phenoxy) is 1. The second-order valence-corrected chi connectivity index (χ2v) is 4.64. The van der Waals surface area contributed by atoms with Crippen molar-refractivity contribution in [3.63, 3.8) is 0 Å². The van der Waals surface area contributed by atoms with Crippen LogP contribution in [0, 0.1) is 0 Å². The fourth-order valence-corrected chi connectivity index (χ4v) is 1.90. The third-order valence-corrected chi connectivity index (χ3v) is 2.88. The van der Waals surface area contributed by atoms with Crippen molar-refractivity contribution in [1.82, 2.24) is 5.32 Å². The van der Waals surface area contributed by atoms with E-state index in [2.05, 4.69) is 5.32 Å². The van der Waals surface area contributed by atoms with Crippen LogP contribution in [-0.2, 0) is 9.53 Å². The first-order chi connectivity index (χ1) is 7.68. The van der Waals surface area contributed by atoms with E-state index in [-0.39, 0.29) is 11.9 Å². The van der Waals surface area contributed by atoms with Gasteiger partial charge in [-0.3, -0.25) is 4.79 Å². The van der Waals surface area contributed by atoms with Crippen LogP contribution in [0.4, 0.5) is 0 Å². The maximum Gasteiger partial charge on any atom is 0.220 e. The van der Waals surface area contributed by atoms with Crippen molar-refractivity contribution in [2.75, 3.05) is 13.2 Å². The molecule has 0 spiro atoms. The Labute approximate surface area is 97.9 Å². The predicted molar refractivity (Wildman–Crippen MR) is 64.1 cm³/mol. The molecule has 1 aliphatic heterocycles. The molecule has 1 heterocycles. The number of carbonyl (C=O) groups is 1. The van der Waals surface area contributed by atoms with Crippen molar-refractivity contribution in [3.05, 3.63) is 0 Å². The molecule has 0 aromatic carbocycles. The Hall–Kier alpha value is -0.610. The number of hydrogen-bond donors (Lipinski definition) is 2. The largest absolute Gasteiger partial charge is 0.378 e. The number of carbonyl (C=O) groups excluding carboxylic acids is 1. The van der Waals surface area contributed by atoms with E-state index in [1.165, 1.54) is 0 Å². The standard InChI is InChI=1S/C12H24N2O2/c1-10(13)4-2-8-14-12(15)7-6-11-5-3-9-16-11/h10-11H,2-9,13H2,1H3,(H,14,15). The number of nitrogens with two attached hydrogens (primary N) is 1. The number of rotatable bonds is 7. The van der Waals surface area contributed by atoms with Gasteiger partial charge in [0.2, 0.25) is 5.91 Å². The summed E-state index contributed by atoms with van der Waals surface area (Å²) in [6.45, 7) is 3.59. The van der Waals surface area contributed by atoms with Crippen LogP contribution in [0.25, 0.3) is 0 Å². The highest BCUT2D eigenvalue weighted by Gasteiger charge is 2.16. The zero-order chi connectivity index (χ0) is 11.8. The quantitative estimate of drug-likeness (QED) is 0.643. The van der Waals surface area contributed by atoms with Crippen molar-refractivity contribution < 1.29 is 9.53 Å². The summed E-state index contributed by atoms with van der Waals surface area (Å²) >= 11 is 0. The van der Waals surface area contributed by atoms with Gasteiger partial charge < -0.3 is 15.8 Å². The number of amides is 1. The maximum absolute atomic E-state index is 11.4. The van der Waals surface area contributed by atoms with Crippen LogP contribution < -0.4 is 11.1 Å². The molecule has 0 saturated carbocycles. The molecule has 0 aliphatic carbocycles. The minimum Gasteiger partial charge on any atom is -0.378 e. The normalized spacial score (nSPS) is 22.0. The molecule has 4 nitrogen and oxygen atoms in total. The molecule has 2 atom stereocenters. The van der Waals surface area contributed by atoms with Crippen molar-refractivity contribution in [2.24, 2.45) is 5.73 Å². The van der Waals surface area contributed by atoms with Crippen LogP contribution in [0.1, 0.15) is 45.4 Å². The van der Waals surface area contributed by atoms with E-state index in [0.717, 1.165) is 45.3 Å². The minimum absolute atomic E-state index is 0.139. The Morgan fingerprint density at radius 1 is 1.62 bits per heavy atom. The lowest BCUT2D eigenvalue weighted by Crippen LogP contribution is -2.26. The van der Waals surface area contributed by atoms with E-state index < -0.39 is 0 Å². The Kier molecular flexibility index (Phi) is 6.42. The Bertz CT molecular complexity index is 201.